The Labute approximate surface area is 171 Å². The van der Waals surface area contributed by atoms with Gasteiger partial charge < -0.3 is 15.5 Å². The van der Waals surface area contributed by atoms with Gasteiger partial charge in [0.2, 0.25) is 11.1 Å². The first-order valence-electron chi connectivity index (χ1n) is 9.17. The van der Waals surface area contributed by atoms with Crippen molar-refractivity contribution in [3.8, 4) is 5.75 Å². The minimum absolute atomic E-state index is 0.197. The maximum absolute atomic E-state index is 13.4. The van der Waals surface area contributed by atoms with E-state index >= 15 is 0 Å². The number of hydrogen-bond donors (Lipinski definition) is 2. The number of carbonyl (C=O) groups excluding carboxylic acids is 1. The van der Waals surface area contributed by atoms with E-state index in [1.54, 1.807) is 36.1 Å². The molecule has 2 atom stereocenters. The maximum atomic E-state index is 13.4. The standard InChI is InChI=1S/C20H20FN5O2S/c1-3-16-23-24-20-26(16)25-17(12-7-9-13(21)10-8-12)18(29-20)19(27)22-14-5-4-6-15(11-14)28-2/h4-11,17-18,25H,3H2,1-2H3,(H,22,27)/t17-,18+/m1/s1. The van der Waals surface area contributed by atoms with Crippen LogP contribution in [-0.4, -0.2) is 33.1 Å². The normalized spacial score (nSPS) is 17.9. The lowest BCUT2D eigenvalue weighted by Gasteiger charge is -2.33. The molecule has 0 radical (unpaired) electrons. The average Bonchev–Trinajstić information content (AvgIpc) is 3.15. The van der Waals surface area contributed by atoms with Gasteiger partial charge >= 0.3 is 0 Å². The first-order chi connectivity index (χ1) is 14.1. The van der Waals surface area contributed by atoms with Gasteiger partial charge in [-0.15, -0.1) is 10.2 Å². The van der Waals surface area contributed by atoms with Crippen LogP contribution >= 0.6 is 11.8 Å². The Morgan fingerprint density at radius 1 is 1.28 bits per heavy atom. The second kappa shape index (κ2) is 8.12. The molecule has 0 bridgehead atoms. The fraction of sp³-hybridized carbons (Fsp3) is 0.250. The van der Waals surface area contributed by atoms with Crippen LogP contribution < -0.4 is 15.5 Å². The summed E-state index contributed by atoms with van der Waals surface area (Å²) in [4.78, 5) is 13.2. The van der Waals surface area contributed by atoms with Crippen LogP contribution in [0.3, 0.4) is 0 Å². The molecule has 1 amide bonds. The Balaban J connectivity index is 1.65. The molecular weight excluding hydrogens is 393 g/mol. The summed E-state index contributed by atoms with van der Waals surface area (Å²) < 4.78 is 20.5. The number of thioether (sulfide) groups is 1. The summed E-state index contributed by atoms with van der Waals surface area (Å²) in [6, 6.07) is 12.9. The van der Waals surface area contributed by atoms with Gasteiger partial charge in [0, 0.05) is 18.2 Å². The number of methoxy groups -OCH3 is 1. The number of nitrogens with one attached hydrogen (secondary N) is 2. The third-order valence-electron chi connectivity index (χ3n) is 4.64. The number of anilines is 1. The van der Waals surface area contributed by atoms with Crippen LogP contribution in [0.15, 0.2) is 53.7 Å². The molecule has 2 aromatic carbocycles. The Bertz CT molecular complexity index is 1020. The highest BCUT2D eigenvalue weighted by Crippen LogP contribution is 2.37. The van der Waals surface area contributed by atoms with Crippen LogP contribution in [-0.2, 0) is 11.2 Å². The molecule has 1 aliphatic heterocycles. The summed E-state index contributed by atoms with van der Waals surface area (Å²) in [5.41, 5.74) is 4.77. The highest BCUT2D eigenvalue weighted by atomic mass is 32.2. The third-order valence-corrected chi connectivity index (χ3v) is 5.86. The number of fused-ring (bicyclic) bond motifs is 1. The maximum Gasteiger partial charge on any atom is 0.240 e. The van der Waals surface area contributed by atoms with Crippen LogP contribution in [0, 0.1) is 5.82 Å². The zero-order valence-electron chi connectivity index (χ0n) is 15.9. The molecule has 9 heteroatoms. The summed E-state index contributed by atoms with van der Waals surface area (Å²) >= 11 is 1.33. The van der Waals surface area contributed by atoms with Gasteiger partial charge in [-0.05, 0) is 29.8 Å². The zero-order valence-corrected chi connectivity index (χ0v) is 16.7. The van der Waals surface area contributed by atoms with E-state index in [9.17, 15) is 9.18 Å². The van der Waals surface area contributed by atoms with E-state index in [0.29, 0.717) is 23.0 Å². The van der Waals surface area contributed by atoms with E-state index in [1.165, 1.54) is 23.9 Å². The van der Waals surface area contributed by atoms with E-state index in [2.05, 4.69) is 20.9 Å². The van der Waals surface area contributed by atoms with Gasteiger partial charge in [-0.25, -0.2) is 9.07 Å². The number of halogens is 1. The Hall–Kier alpha value is -3.07. The van der Waals surface area contributed by atoms with E-state index in [4.69, 9.17) is 4.74 Å². The van der Waals surface area contributed by atoms with Crippen molar-refractivity contribution in [1.29, 1.82) is 0 Å². The quantitative estimate of drug-likeness (QED) is 0.667. The predicted molar refractivity (Wildman–Crippen MR) is 109 cm³/mol. The van der Waals surface area contributed by atoms with Gasteiger partial charge in [-0.1, -0.05) is 36.9 Å². The van der Waals surface area contributed by atoms with Crippen LogP contribution in [0.4, 0.5) is 10.1 Å². The summed E-state index contributed by atoms with van der Waals surface area (Å²) in [5, 5.41) is 11.4. The van der Waals surface area contributed by atoms with Crippen molar-refractivity contribution in [2.45, 2.75) is 29.8 Å². The second-order valence-corrected chi connectivity index (χ2v) is 7.61. The molecule has 150 valence electrons. The van der Waals surface area contributed by atoms with Crippen molar-refractivity contribution in [3.05, 3.63) is 65.7 Å². The average molecular weight is 413 g/mol. The van der Waals surface area contributed by atoms with Crippen molar-refractivity contribution in [3.63, 3.8) is 0 Å². The number of carbonyl (C=O) groups is 1. The molecule has 0 spiro atoms. The first-order valence-corrected chi connectivity index (χ1v) is 10.0. The van der Waals surface area contributed by atoms with E-state index in [0.717, 1.165) is 11.4 Å². The first kappa shape index (κ1) is 19.3. The number of hydrogen-bond acceptors (Lipinski definition) is 6. The van der Waals surface area contributed by atoms with Crippen LogP contribution in [0.5, 0.6) is 5.75 Å². The SMILES string of the molecule is CCc1nnc2n1N[C@H](c1ccc(F)cc1)[C@@H](C(=O)Nc1cccc(OC)c1)S2. The molecule has 0 aliphatic carbocycles. The Morgan fingerprint density at radius 2 is 2.07 bits per heavy atom. The molecule has 2 N–H and O–H groups in total. The van der Waals surface area contributed by atoms with Crippen molar-refractivity contribution >= 4 is 23.4 Å². The van der Waals surface area contributed by atoms with Gasteiger partial charge in [-0.3, -0.25) is 4.79 Å². The Kier molecular flexibility index (Phi) is 5.39. The van der Waals surface area contributed by atoms with Crippen LogP contribution in [0.25, 0.3) is 0 Å². The molecule has 0 saturated carbocycles. The lowest BCUT2D eigenvalue weighted by molar-refractivity contribution is -0.116. The summed E-state index contributed by atoms with van der Waals surface area (Å²) in [6.45, 7) is 1.98. The highest BCUT2D eigenvalue weighted by molar-refractivity contribution is 8.00. The second-order valence-electron chi connectivity index (χ2n) is 6.51. The number of rotatable bonds is 5. The molecule has 29 heavy (non-hydrogen) atoms. The lowest BCUT2D eigenvalue weighted by Crippen LogP contribution is -2.41. The highest BCUT2D eigenvalue weighted by Gasteiger charge is 2.37. The number of benzene rings is 2. The molecule has 0 saturated heterocycles. The minimum Gasteiger partial charge on any atom is -0.497 e. The summed E-state index contributed by atoms with van der Waals surface area (Å²) in [6.07, 6.45) is 0.692. The van der Waals surface area contributed by atoms with Gasteiger partial charge in [0.1, 0.15) is 16.8 Å². The zero-order chi connectivity index (χ0) is 20.4. The molecule has 2 heterocycles. The van der Waals surface area contributed by atoms with Gasteiger partial charge in [0.15, 0.2) is 5.82 Å². The lowest BCUT2D eigenvalue weighted by atomic mass is 10.0. The van der Waals surface area contributed by atoms with Gasteiger partial charge in [-0.2, -0.15) is 0 Å². The minimum atomic E-state index is -0.534. The van der Waals surface area contributed by atoms with Crippen LogP contribution in [0.2, 0.25) is 0 Å². The van der Waals surface area contributed by atoms with Crippen LogP contribution in [0.1, 0.15) is 24.4 Å². The molecule has 1 aliphatic rings. The molecule has 0 unspecified atom stereocenters. The van der Waals surface area contributed by atoms with Gasteiger partial charge in [0.25, 0.3) is 0 Å². The van der Waals surface area contributed by atoms with Crippen molar-refractivity contribution in [2.75, 3.05) is 17.9 Å². The molecule has 0 fully saturated rings. The Morgan fingerprint density at radius 3 is 2.79 bits per heavy atom. The molecule has 3 aromatic rings. The fourth-order valence-corrected chi connectivity index (χ4v) is 4.26. The van der Waals surface area contributed by atoms with Crippen molar-refractivity contribution < 1.29 is 13.9 Å². The number of aromatic nitrogens is 3. The van der Waals surface area contributed by atoms with Crippen molar-refractivity contribution in [1.82, 2.24) is 14.9 Å². The number of ether oxygens (including phenoxy) is 1. The smallest absolute Gasteiger partial charge is 0.240 e. The largest absolute Gasteiger partial charge is 0.497 e. The van der Waals surface area contributed by atoms with E-state index < -0.39 is 5.25 Å². The number of amides is 1. The molecule has 1 aromatic heterocycles. The van der Waals surface area contributed by atoms with Gasteiger partial charge in [0.05, 0.1) is 13.2 Å². The van der Waals surface area contributed by atoms with E-state index in [-0.39, 0.29) is 17.8 Å². The number of nitrogens with zero attached hydrogens (tertiary/aromatic N) is 3. The molecular formula is C20H20FN5O2S. The third kappa shape index (κ3) is 3.91. The topological polar surface area (TPSA) is 81.1 Å². The monoisotopic (exact) mass is 413 g/mol. The fourth-order valence-electron chi connectivity index (χ4n) is 3.16. The molecule has 7 nitrogen and oxygen atoms in total. The van der Waals surface area contributed by atoms with E-state index in [1.807, 2.05) is 19.1 Å². The van der Waals surface area contributed by atoms with Crippen molar-refractivity contribution in [2.24, 2.45) is 0 Å². The summed E-state index contributed by atoms with van der Waals surface area (Å²) in [5.74, 6) is 0.900. The predicted octanol–water partition coefficient (Wildman–Crippen LogP) is 3.39. The molecule has 4 rings (SSSR count). The number of aryl methyl sites for hydroxylation is 1. The summed E-state index contributed by atoms with van der Waals surface area (Å²) in [7, 11) is 1.57.